The van der Waals surface area contributed by atoms with E-state index >= 15 is 0 Å². The Morgan fingerprint density at radius 2 is 1.68 bits per heavy atom. The van der Waals surface area contributed by atoms with Crippen LogP contribution in [0.3, 0.4) is 0 Å². The quantitative estimate of drug-likeness (QED) is 0.384. The molecule has 2 aliphatic rings. The highest BCUT2D eigenvalue weighted by molar-refractivity contribution is 6.08. The zero-order valence-corrected chi connectivity index (χ0v) is 17.6. The number of Topliss-reactive ketones (excluding diaryl/α,β-unsaturated/α-hetero) is 1. The van der Waals surface area contributed by atoms with E-state index in [1.54, 1.807) is 0 Å². The Kier molecular flexibility index (Phi) is 6.29. The number of nitrogens with zero attached hydrogens (tertiary/aromatic N) is 2. The van der Waals surface area contributed by atoms with Crippen LogP contribution in [0.15, 0.2) is 6.07 Å². The van der Waals surface area contributed by atoms with E-state index < -0.39 is 49.0 Å². The zero-order valence-electron chi connectivity index (χ0n) is 17.6. The van der Waals surface area contributed by atoms with Crippen LogP contribution in [0.25, 0.3) is 0 Å². The summed E-state index contributed by atoms with van der Waals surface area (Å²) < 4.78 is 44.2. The normalized spacial score (nSPS) is 22.5. The van der Waals surface area contributed by atoms with Gasteiger partial charge in [-0.05, 0) is 39.7 Å². The lowest BCUT2D eigenvalue weighted by molar-refractivity contribution is -0.157. The van der Waals surface area contributed by atoms with E-state index in [9.17, 15) is 32.3 Å². The van der Waals surface area contributed by atoms with Gasteiger partial charge in [-0.1, -0.05) is 12.8 Å². The second-order valence-electron chi connectivity index (χ2n) is 8.24. The highest BCUT2D eigenvalue weighted by atomic mass is 19.4. The van der Waals surface area contributed by atoms with Crippen LogP contribution in [0.2, 0.25) is 0 Å². The second kappa shape index (κ2) is 8.47. The molecule has 31 heavy (non-hydrogen) atoms. The first-order valence-electron chi connectivity index (χ1n) is 10.2. The number of aromatic nitrogens is 1. The van der Waals surface area contributed by atoms with E-state index in [0.29, 0.717) is 12.8 Å². The molecular weight excluding hydrogens is 417 g/mol. The highest BCUT2D eigenvalue weighted by Gasteiger charge is 2.51. The number of ketones is 1. The van der Waals surface area contributed by atoms with Gasteiger partial charge in [-0.25, -0.2) is 4.79 Å². The lowest BCUT2D eigenvalue weighted by Crippen LogP contribution is -2.44. The van der Waals surface area contributed by atoms with Gasteiger partial charge in [0, 0.05) is 17.0 Å². The minimum absolute atomic E-state index is 0.0292. The molecule has 0 N–H and O–H groups in total. The molecule has 0 bridgehead atoms. The number of aryl methyl sites for hydroxylation is 1. The van der Waals surface area contributed by atoms with Crippen LogP contribution in [0.4, 0.5) is 13.2 Å². The van der Waals surface area contributed by atoms with Gasteiger partial charge in [0.25, 0.3) is 0 Å². The third-order valence-corrected chi connectivity index (χ3v) is 6.16. The Morgan fingerprint density at radius 1 is 1.13 bits per heavy atom. The van der Waals surface area contributed by atoms with Crippen LogP contribution in [0, 0.1) is 25.7 Å². The van der Waals surface area contributed by atoms with Crippen molar-refractivity contribution in [1.29, 1.82) is 0 Å². The first kappa shape index (κ1) is 23.0. The van der Waals surface area contributed by atoms with Crippen LogP contribution in [0.1, 0.15) is 54.4 Å². The SMILES string of the molecule is Cc1cc(C(=O)COC(=O)[C@H](C)N2C(=O)[C@H]3CCCC[C@@H]3C2=O)c(C)n1CC(F)(F)F. The maximum absolute atomic E-state index is 12.7. The fourth-order valence-corrected chi connectivity index (χ4v) is 4.52. The summed E-state index contributed by atoms with van der Waals surface area (Å²) >= 11 is 0. The van der Waals surface area contributed by atoms with Gasteiger partial charge < -0.3 is 9.30 Å². The number of halogens is 3. The summed E-state index contributed by atoms with van der Waals surface area (Å²) in [5.41, 5.74) is 0.410. The molecule has 0 radical (unpaired) electrons. The van der Waals surface area contributed by atoms with Crippen LogP contribution in [0.5, 0.6) is 0 Å². The van der Waals surface area contributed by atoms with Gasteiger partial charge >= 0.3 is 12.1 Å². The molecule has 1 saturated carbocycles. The molecule has 0 aromatic carbocycles. The number of ether oxygens (including phenoxy) is 1. The molecule has 1 aliphatic heterocycles. The van der Waals surface area contributed by atoms with Gasteiger partial charge in [-0.2, -0.15) is 13.2 Å². The first-order chi connectivity index (χ1) is 14.4. The number of hydrogen-bond acceptors (Lipinski definition) is 5. The van der Waals surface area contributed by atoms with Crippen LogP contribution < -0.4 is 0 Å². The monoisotopic (exact) mass is 442 g/mol. The Morgan fingerprint density at radius 3 is 2.19 bits per heavy atom. The average Bonchev–Trinajstić information content (AvgIpc) is 3.12. The standard InChI is InChI=1S/C21H25F3N2O5/c1-11-8-16(12(2)25(11)10-21(22,23)24)17(27)9-31-20(30)13(3)26-18(28)14-6-4-5-7-15(14)19(26)29/h8,13-15H,4-7,9-10H2,1-3H3/t13-,14-,15-/m0/s1. The van der Waals surface area contributed by atoms with Gasteiger partial charge in [0.15, 0.2) is 6.61 Å². The van der Waals surface area contributed by atoms with Gasteiger partial charge in [0.1, 0.15) is 12.6 Å². The summed E-state index contributed by atoms with van der Waals surface area (Å²) in [6.07, 6.45) is -1.51. The van der Waals surface area contributed by atoms with E-state index in [2.05, 4.69) is 0 Å². The smallest absolute Gasteiger partial charge is 0.406 e. The summed E-state index contributed by atoms with van der Waals surface area (Å²) in [6, 6.07) is 0.148. The summed E-state index contributed by atoms with van der Waals surface area (Å²) in [5, 5.41) is 0. The van der Waals surface area contributed by atoms with Crippen LogP contribution >= 0.6 is 0 Å². The second-order valence-corrected chi connectivity index (χ2v) is 8.24. The molecule has 1 aromatic rings. The third kappa shape index (κ3) is 4.52. The van der Waals surface area contributed by atoms with Crippen molar-refractivity contribution in [3.05, 3.63) is 23.0 Å². The summed E-state index contributed by atoms with van der Waals surface area (Å²) in [7, 11) is 0. The van der Waals surface area contributed by atoms with Crippen molar-refractivity contribution in [2.45, 2.75) is 65.2 Å². The summed E-state index contributed by atoms with van der Waals surface area (Å²) in [4.78, 5) is 51.0. The molecule has 1 aliphatic carbocycles. The number of carbonyl (C=O) groups excluding carboxylic acids is 4. The number of carbonyl (C=O) groups is 4. The minimum Gasteiger partial charge on any atom is -0.456 e. The summed E-state index contributed by atoms with van der Waals surface area (Å²) in [5.74, 6) is -3.15. The molecule has 1 saturated heterocycles. The van der Waals surface area contributed by atoms with Crippen LogP contribution in [-0.2, 0) is 25.7 Å². The Labute approximate surface area is 177 Å². The van der Waals surface area contributed by atoms with Crippen molar-refractivity contribution < 1.29 is 37.1 Å². The summed E-state index contributed by atoms with van der Waals surface area (Å²) in [6.45, 7) is 2.29. The third-order valence-electron chi connectivity index (χ3n) is 6.16. The molecule has 1 aromatic heterocycles. The van der Waals surface area contributed by atoms with Crippen LogP contribution in [-0.4, -0.2) is 51.9 Å². The van der Waals surface area contributed by atoms with Crippen molar-refractivity contribution in [2.75, 3.05) is 6.61 Å². The number of likely N-dealkylation sites (tertiary alicyclic amines) is 1. The predicted molar refractivity (Wildman–Crippen MR) is 102 cm³/mol. The predicted octanol–water partition coefficient (Wildman–Crippen LogP) is 2.96. The van der Waals surface area contributed by atoms with Crippen molar-refractivity contribution in [2.24, 2.45) is 11.8 Å². The van der Waals surface area contributed by atoms with Crippen molar-refractivity contribution in [1.82, 2.24) is 9.47 Å². The molecule has 10 heteroatoms. The number of esters is 1. The van der Waals surface area contributed by atoms with Crippen molar-refractivity contribution in [3.63, 3.8) is 0 Å². The Bertz CT molecular complexity index is 897. The van der Waals surface area contributed by atoms with E-state index in [-0.39, 0.29) is 28.8 Å². The van der Waals surface area contributed by atoms with Crippen molar-refractivity contribution >= 4 is 23.6 Å². The highest BCUT2D eigenvalue weighted by Crippen LogP contribution is 2.39. The number of hydrogen-bond donors (Lipinski definition) is 0. The molecule has 170 valence electrons. The average molecular weight is 442 g/mol. The fraction of sp³-hybridized carbons (Fsp3) is 0.619. The maximum atomic E-state index is 12.7. The molecule has 3 atom stereocenters. The largest absolute Gasteiger partial charge is 0.456 e. The van der Waals surface area contributed by atoms with E-state index in [1.807, 2.05) is 0 Å². The van der Waals surface area contributed by atoms with E-state index in [4.69, 9.17) is 4.74 Å². The van der Waals surface area contributed by atoms with Gasteiger partial charge in [-0.15, -0.1) is 0 Å². The van der Waals surface area contributed by atoms with Gasteiger partial charge in [0.2, 0.25) is 17.6 Å². The number of alkyl halides is 3. The van der Waals surface area contributed by atoms with E-state index in [0.717, 1.165) is 22.3 Å². The molecule has 3 rings (SSSR count). The zero-order chi connectivity index (χ0) is 23.1. The molecule has 2 amide bonds. The van der Waals surface area contributed by atoms with E-state index in [1.165, 1.54) is 26.8 Å². The first-order valence-corrected chi connectivity index (χ1v) is 10.2. The minimum atomic E-state index is -4.44. The maximum Gasteiger partial charge on any atom is 0.406 e. The molecular formula is C21H25F3N2O5. The number of fused-ring (bicyclic) bond motifs is 1. The van der Waals surface area contributed by atoms with Gasteiger partial charge in [-0.3, -0.25) is 19.3 Å². The Hall–Kier alpha value is -2.65. The number of imide groups is 1. The fourth-order valence-electron chi connectivity index (χ4n) is 4.52. The molecule has 0 unspecified atom stereocenters. The number of amides is 2. The Balaban J connectivity index is 1.64. The topological polar surface area (TPSA) is 85.7 Å². The number of rotatable bonds is 6. The van der Waals surface area contributed by atoms with Crippen molar-refractivity contribution in [3.8, 4) is 0 Å². The van der Waals surface area contributed by atoms with Gasteiger partial charge in [0.05, 0.1) is 11.8 Å². The lowest BCUT2D eigenvalue weighted by Gasteiger charge is -2.21. The molecule has 2 heterocycles. The lowest BCUT2D eigenvalue weighted by atomic mass is 9.81. The molecule has 0 spiro atoms. The molecule has 7 nitrogen and oxygen atoms in total. The molecule has 2 fully saturated rings.